The maximum atomic E-state index is 12.9. The van der Waals surface area contributed by atoms with Crippen molar-refractivity contribution in [2.24, 2.45) is 5.92 Å². The fraction of sp³-hybridized carbons (Fsp3) is 0.300. The van der Waals surface area contributed by atoms with E-state index in [1.807, 2.05) is 6.07 Å². The number of nitrogens with zero attached hydrogens (tertiary/aromatic N) is 1. The number of carboxylic acid groups (broad SMARTS) is 1. The molecule has 0 saturated carbocycles. The molecule has 1 fully saturated rings. The maximum Gasteiger partial charge on any atom is 0.336 e. The standard InChI is InChI=1S/C20H21NO4/c1-21(12-14-10-11-25-13-14)19(22)17-8-4-2-6-15(17)16-7-3-5-9-18(16)20(23)24/h2-9,14H,10-13H2,1H3,(H,23,24). The molecule has 1 unspecified atom stereocenters. The van der Waals surface area contributed by atoms with E-state index >= 15 is 0 Å². The van der Waals surface area contributed by atoms with Crippen LogP contribution in [-0.4, -0.2) is 48.7 Å². The molecule has 1 heterocycles. The van der Waals surface area contributed by atoms with Crippen molar-refractivity contribution in [3.63, 3.8) is 0 Å². The quantitative estimate of drug-likeness (QED) is 0.909. The lowest BCUT2D eigenvalue weighted by Crippen LogP contribution is -2.32. The molecule has 1 atom stereocenters. The highest BCUT2D eigenvalue weighted by Crippen LogP contribution is 2.28. The highest BCUT2D eigenvalue weighted by Gasteiger charge is 2.23. The third-order valence-corrected chi connectivity index (χ3v) is 4.51. The van der Waals surface area contributed by atoms with E-state index in [4.69, 9.17) is 4.74 Å². The third-order valence-electron chi connectivity index (χ3n) is 4.51. The van der Waals surface area contributed by atoms with Gasteiger partial charge in [-0.1, -0.05) is 36.4 Å². The molecule has 3 rings (SSSR count). The molecule has 0 aromatic heterocycles. The lowest BCUT2D eigenvalue weighted by molar-refractivity contribution is 0.0696. The van der Waals surface area contributed by atoms with Crippen LogP contribution in [0.3, 0.4) is 0 Å². The first-order valence-corrected chi connectivity index (χ1v) is 8.33. The summed E-state index contributed by atoms with van der Waals surface area (Å²) in [6.45, 7) is 2.06. The molecule has 2 aromatic rings. The Balaban J connectivity index is 1.93. The molecule has 0 radical (unpaired) electrons. The number of aromatic carboxylic acids is 1. The number of amides is 1. The Morgan fingerprint density at radius 1 is 1.08 bits per heavy atom. The summed E-state index contributed by atoms with van der Waals surface area (Å²) in [5, 5.41) is 9.45. The molecule has 2 aromatic carbocycles. The van der Waals surface area contributed by atoms with Crippen molar-refractivity contribution >= 4 is 11.9 Å². The summed E-state index contributed by atoms with van der Waals surface area (Å²) in [6.07, 6.45) is 0.959. The summed E-state index contributed by atoms with van der Waals surface area (Å²) in [6, 6.07) is 13.9. The van der Waals surface area contributed by atoms with Gasteiger partial charge in [0.1, 0.15) is 0 Å². The Kier molecular flexibility index (Phi) is 5.14. The molecule has 0 spiro atoms. The van der Waals surface area contributed by atoms with E-state index < -0.39 is 5.97 Å². The molecule has 5 nitrogen and oxygen atoms in total. The second-order valence-electron chi connectivity index (χ2n) is 6.31. The van der Waals surface area contributed by atoms with Crippen LogP contribution in [0.25, 0.3) is 11.1 Å². The fourth-order valence-corrected chi connectivity index (χ4v) is 3.21. The normalized spacial score (nSPS) is 16.6. The lowest BCUT2D eigenvalue weighted by atomic mass is 9.94. The van der Waals surface area contributed by atoms with Crippen LogP contribution in [0.4, 0.5) is 0 Å². The van der Waals surface area contributed by atoms with Crippen molar-refractivity contribution in [3.8, 4) is 11.1 Å². The summed E-state index contributed by atoms with van der Waals surface area (Å²) < 4.78 is 5.38. The number of carbonyl (C=O) groups is 2. The SMILES string of the molecule is CN(CC1CCOC1)C(=O)c1ccccc1-c1ccccc1C(=O)O. The minimum absolute atomic E-state index is 0.109. The highest BCUT2D eigenvalue weighted by molar-refractivity contribution is 6.04. The number of carboxylic acids is 1. The molecule has 0 bridgehead atoms. The number of benzene rings is 2. The zero-order valence-corrected chi connectivity index (χ0v) is 14.1. The van der Waals surface area contributed by atoms with E-state index in [-0.39, 0.29) is 11.5 Å². The van der Waals surface area contributed by atoms with Gasteiger partial charge in [-0.25, -0.2) is 4.79 Å². The Bertz CT molecular complexity index is 781. The van der Waals surface area contributed by atoms with E-state index in [2.05, 4.69) is 0 Å². The Morgan fingerprint density at radius 2 is 1.68 bits per heavy atom. The van der Waals surface area contributed by atoms with Crippen molar-refractivity contribution in [3.05, 3.63) is 59.7 Å². The van der Waals surface area contributed by atoms with Gasteiger partial charge in [0.05, 0.1) is 12.2 Å². The third kappa shape index (κ3) is 3.72. The molecule has 25 heavy (non-hydrogen) atoms. The van der Waals surface area contributed by atoms with E-state index in [1.54, 1.807) is 54.4 Å². The van der Waals surface area contributed by atoms with Crippen LogP contribution in [0.1, 0.15) is 27.1 Å². The van der Waals surface area contributed by atoms with Crippen LogP contribution in [0.5, 0.6) is 0 Å². The first kappa shape index (κ1) is 17.2. The monoisotopic (exact) mass is 339 g/mol. The molecule has 1 aliphatic heterocycles. The van der Waals surface area contributed by atoms with Crippen molar-refractivity contribution < 1.29 is 19.4 Å². The van der Waals surface area contributed by atoms with Crippen molar-refractivity contribution in [1.29, 1.82) is 0 Å². The Hall–Kier alpha value is -2.66. The van der Waals surface area contributed by atoms with Gasteiger partial charge < -0.3 is 14.7 Å². The molecule has 1 N–H and O–H groups in total. The summed E-state index contributed by atoms with van der Waals surface area (Å²) in [7, 11) is 1.78. The van der Waals surface area contributed by atoms with Gasteiger partial charge in [-0.05, 0) is 29.7 Å². The van der Waals surface area contributed by atoms with Crippen molar-refractivity contribution in [2.75, 3.05) is 26.8 Å². The average Bonchev–Trinajstić information content (AvgIpc) is 3.14. The second kappa shape index (κ2) is 7.49. The smallest absolute Gasteiger partial charge is 0.336 e. The number of carbonyl (C=O) groups excluding carboxylic acids is 1. The van der Waals surface area contributed by atoms with Gasteiger partial charge in [-0.15, -0.1) is 0 Å². The van der Waals surface area contributed by atoms with Gasteiger partial charge in [0.2, 0.25) is 0 Å². The molecule has 1 saturated heterocycles. The van der Waals surface area contributed by atoms with Gasteiger partial charge in [0.15, 0.2) is 0 Å². The Morgan fingerprint density at radius 3 is 2.28 bits per heavy atom. The second-order valence-corrected chi connectivity index (χ2v) is 6.31. The van der Waals surface area contributed by atoms with E-state index in [1.165, 1.54) is 0 Å². The first-order valence-electron chi connectivity index (χ1n) is 8.33. The lowest BCUT2D eigenvalue weighted by Gasteiger charge is -2.22. The van der Waals surface area contributed by atoms with Gasteiger partial charge in [0.25, 0.3) is 5.91 Å². The molecule has 5 heteroatoms. The summed E-state index contributed by atoms with van der Waals surface area (Å²) in [4.78, 5) is 26.2. The molecular formula is C20H21NO4. The molecular weight excluding hydrogens is 318 g/mol. The largest absolute Gasteiger partial charge is 0.478 e. The first-order chi connectivity index (χ1) is 12.1. The fourth-order valence-electron chi connectivity index (χ4n) is 3.21. The average molecular weight is 339 g/mol. The Labute approximate surface area is 146 Å². The van der Waals surface area contributed by atoms with Crippen molar-refractivity contribution in [1.82, 2.24) is 4.90 Å². The maximum absolute atomic E-state index is 12.9. The van der Waals surface area contributed by atoms with Gasteiger partial charge in [-0.3, -0.25) is 4.79 Å². The van der Waals surface area contributed by atoms with E-state index in [0.717, 1.165) is 13.0 Å². The van der Waals surface area contributed by atoms with Crippen LogP contribution >= 0.6 is 0 Å². The van der Waals surface area contributed by atoms with Gasteiger partial charge in [-0.2, -0.15) is 0 Å². The van der Waals surface area contributed by atoms with Crippen LogP contribution in [0, 0.1) is 5.92 Å². The highest BCUT2D eigenvalue weighted by atomic mass is 16.5. The number of hydrogen-bond donors (Lipinski definition) is 1. The molecule has 130 valence electrons. The molecule has 0 aliphatic carbocycles. The number of ether oxygens (including phenoxy) is 1. The predicted octanol–water partition coefficient (Wildman–Crippen LogP) is 3.16. The van der Waals surface area contributed by atoms with Crippen molar-refractivity contribution in [2.45, 2.75) is 6.42 Å². The minimum Gasteiger partial charge on any atom is -0.478 e. The summed E-state index contributed by atoms with van der Waals surface area (Å²) in [5.41, 5.74) is 1.89. The van der Waals surface area contributed by atoms with Crippen LogP contribution in [-0.2, 0) is 4.74 Å². The number of rotatable bonds is 5. The number of hydrogen-bond acceptors (Lipinski definition) is 3. The zero-order chi connectivity index (χ0) is 17.8. The predicted molar refractivity (Wildman–Crippen MR) is 94.7 cm³/mol. The van der Waals surface area contributed by atoms with Crippen LogP contribution < -0.4 is 0 Å². The topological polar surface area (TPSA) is 66.8 Å². The van der Waals surface area contributed by atoms with E-state index in [9.17, 15) is 14.7 Å². The summed E-state index contributed by atoms with van der Waals surface area (Å²) >= 11 is 0. The van der Waals surface area contributed by atoms with Crippen LogP contribution in [0.2, 0.25) is 0 Å². The van der Waals surface area contributed by atoms with Gasteiger partial charge >= 0.3 is 5.97 Å². The molecule has 1 aliphatic rings. The van der Waals surface area contributed by atoms with Crippen LogP contribution in [0.15, 0.2) is 48.5 Å². The van der Waals surface area contributed by atoms with Gasteiger partial charge in [0, 0.05) is 31.7 Å². The molecule has 1 amide bonds. The minimum atomic E-state index is -1.01. The zero-order valence-electron chi connectivity index (χ0n) is 14.1. The van der Waals surface area contributed by atoms with E-state index in [0.29, 0.717) is 35.8 Å². The summed E-state index contributed by atoms with van der Waals surface area (Å²) in [5.74, 6) is -0.760.